The van der Waals surface area contributed by atoms with Crippen LogP contribution in [-0.2, 0) is 0 Å². The highest BCUT2D eigenvalue weighted by Gasteiger charge is 2.25. The summed E-state index contributed by atoms with van der Waals surface area (Å²) in [6.45, 7) is 0. The van der Waals surface area contributed by atoms with Crippen molar-refractivity contribution in [2.45, 2.75) is 6.04 Å². The Bertz CT molecular complexity index is 938. The molecule has 25 heavy (non-hydrogen) atoms. The van der Waals surface area contributed by atoms with Crippen molar-refractivity contribution in [3.05, 3.63) is 101 Å². The third-order valence-electron chi connectivity index (χ3n) is 4.29. The standard InChI is InChI=1S/C21H16ClFN2/c22-16-7-5-6-15(14-16)20-12-13-24-25(20)21-11-4-2-9-18(21)17-8-1-3-10-19(17)23/h1-14,20,24H. The lowest BCUT2D eigenvalue weighted by atomic mass is 10.0. The fourth-order valence-corrected chi connectivity index (χ4v) is 3.34. The summed E-state index contributed by atoms with van der Waals surface area (Å²) in [5.74, 6) is -0.235. The number of halogens is 2. The Morgan fingerprint density at radius 1 is 0.880 bits per heavy atom. The van der Waals surface area contributed by atoms with Gasteiger partial charge in [-0.15, -0.1) is 0 Å². The van der Waals surface area contributed by atoms with Crippen LogP contribution in [0.4, 0.5) is 10.1 Å². The molecule has 0 spiro atoms. The molecule has 1 N–H and O–H groups in total. The van der Waals surface area contributed by atoms with E-state index >= 15 is 0 Å². The first-order valence-electron chi connectivity index (χ1n) is 8.05. The normalized spacial score (nSPS) is 16.1. The van der Waals surface area contributed by atoms with Crippen molar-refractivity contribution < 1.29 is 4.39 Å². The predicted molar refractivity (Wildman–Crippen MR) is 101 cm³/mol. The molecule has 1 aliphatic rings. The fourth-order valence-electron chi connectivity index (χ4n) is 3.14. The predicted octanol–water partition coefficient (Wildman–Crippen LogP) is 5.73. The van der Waals surface area contributed by atoms with Gasteiger partial charge in [0.05, 0.1) is 11.7 Å². The number of rotatable bonds is 3. The molecule has 3 aromatic carbocycles. The summed E-state index contributed by atoms with van der Waals surface area (Å²) < 4.78 is 14.3. The molecule has 1 aliphatic heterocycles. The second-order valence-corrected chi connectivity index (χ2v) is 6.29. The van der Waals surface area contributed by atoms with Crippen LogP contribution >= 0.6 is 11.6 Å². The molecule has 1 atom stereocenters. The van der Waals surface area contributed by atoms with E-state index in [0.29, 0.717) is 10.6 Å². The van der Waals surface area contributed by atoms with Gasteiger partial charge in [-0.05, 0) is 35.9 Å². The van der Waals surface area contributed by atoms with Crippen LogP contribution in [0.25, 0.3) is 11.1 Å². The molecular weight excluding hydrogens is 335 g/mol. The molecule has 4 heteroatoms. The van der Waals surface area contributed by atoms with Crippen molar-refractivity contribution in [1.82, 2.24) is 5.43 Å². The van der Waals surface area contributed by atoms with Gasteiger partial charge >= 0.3 is 0 Å². The van der Waals surface area contributed by atoms with Crippen molar-refractivity contribution >= 4 is 17.3 Å². The highest BCUT2D eigenvalue weighted by Crippen LogP contribution is 2.37. The minimum Gasteiger partial charge on any atom is -0.305 e. The zero-order valence-corrected chi connectivity index (χ0v) is 14.1. The van der Waals surface area contributed by atoms with Gasteiger partial charge in [-0.25, -0.2) is 4.39 Å². The number of anilines is 1. The molecule has 2 nitrogen and oxygen atoms in total. The largest absolute Gasteiger partial charge is 0.305 e. The number of nitrogens with one attached hydrogen (secondary N) is 1. The van der Waals surface area contributed by atoms with Crippen LogP contribution in [0.2, 0.25) is 5.02 Å². The molecule has 0 saturated carbocycles. The van der Waals surface area contributed by atoms with Crippen molar-refractivity contribution in [3.63, 3.8) is 0 Å². The smallest absolute Gasteiger partial charge is 0.131 e. The van der Waals surface area contributed by atoms with Gasteiger partial charge in [-0.2, -0.15) is 0 Å². The molecule has 4 rings (SSSR count). The van der Waals surface area contributed by atoms with Crippen LogP contribution in [0.15, 0.2) is 85.1 Å². The van der Waals surface area contributed by atoms with Gasteiger partial charge in [0.2, 0.25) is 0 Å². The van der Waals surface area contributed by atoms with Crippen molar-refractivity contribution in [2.24, 2.45) is 0 Å². The molecule has 124 valence electrons. The summed E-state index contributed by atoms with van der Waals surface area (Å²) in [5, 5.41) is 2.72. The number of nitrogens with zero attached hydrogens (tertiary/aromatic N) is 1. The molecule has 0 fully saturated rings. The second kappa shape index (κ2) is 6.61. The van der Waals surface area contributed by atoms with E-state index in [0.717, 1.165) is 16.8 Å². The van der Waals surface area contributed by atoms with Gasteiger partial charge in [-0.3, -0.25) is 5.01 Å². The van der Waals surface area contributed by atoms with Crippen LogP contribution < -0.4 is 10.4 Å². The number of hydrogen-bond acceptors (Lipinski definition) is 2. The van der Waals surface area contributed by atoms with E-state index in [1.807, 2.05) is 65.8 Å². The number of hydrazine groups is 1. The molecule has 0 saturated heterocycles. The van der Waals surface area contributed by atoms with Crippen LogP contribution in [0.3, 0.4) is 0 Å². The monoisotopic (exact) mass is 350 g/mol. The molecule has 0 amide bonds. The van der Waals surface area contributed by atoms with Crippen LogP contribution in [-0.4, -0.2) is 0 Å². The topological polar surface area (TPSA) is 15.3 Å². The number of benzene rings is 3. The lowest BCUT2D eigenvalue weighted by Gasteiger charge is -2.29. The number of para-hydroxylation sites is 1. The lowest BCUT2D eigenvalue weighted by Crippen LogP contribution is -2.32. The molecule has 0 aliphatic carbocycles. The van der Waals surface area contributed by atoms with Gasteiger partial charge in [0, 0.05) is 22.3 Å². The third-order valence-corrected chi connectivity index (χ3v) is 4.52. The Hall–Kier alpha value is -2.78. The summed E-state index contributed by atoms with van der Waals surface area (Å²) in [5.41, 5.74) is 6.65. The van der Waals surface area contributed by atoms with Gasteiger partial charge in [0.25, 0.3) is 0 Å². The van der Waals surface area contributed by atoms with Gasteiger partial charge in [0.15, 0.2) is 0 Å². The highest BCUT2D eigenvalue weighted by atomic mass is 35.5. The quantitative estimate of drug-likeness (QED) is 0.649. The zero-order valence-electron chi connectivity index (χ0n) is 13.4. The van der Waals surface area contributed by atoms with Crippen LogP contribution in [0.1, 0.15) is 11.6 Å². The minimum absolute atomic E-state index is 0.0216. The molecule has 0 bridgehead atoms. The van der Waals surface area contributed by atoms with Crippen LogP contribution in [0.5, 0.6) is 0 Å². The Morgan fingerprint density at radius 3 is 2.44 bits per heavy atom. The Balaban J connectivity index is 1.79. The van der Waals surface area contributed by atoms with E-state index in [2.05, 4.69) is 11.5 Å². The molecular formula is C21H16ClFN2. The minimum atomic E-state index is -0.235. The number of hydrogen-bond donors (Lipinski definition) is 1. The van der Waals surface area contributed by atoms with E-state index in [1.54, 1.807) is 12.1 Å². The maximum atomic E-state index is 14.3. The first kappa shape index (κ1) is 15.7. The Kier molecular flexibility index (Phi) is 4.16. The second-order valence-electron chi connectivity index (χ2n) is 5.86. The lowest BCUT2D eigenvalue weighted by molar-refractivity contribution is 0.631. The van der Waals surface area contributed by atoms with Crippen molar-refractivity contribution in [1.29, 1.82) is 0 Å². The third kappa shape index (κ3) is 2.99. The average molecular weight is 351 g/mol. The summed E-state index contributed by atoms with van der Waals surface area (Å²) in [7, 11) is 0. The molecule has 3 aromatic rings. The average Bonchev–Trinajstić information content (AvgIpc) is 3.12. The van der Waals surface area contributed by atoms with Crippen LogP contribution in [0, 0.1) is 5.82 Å². The SMILES string of the molecule is Fc1ccccc1-c1ccccc1N1NC=CC1c1cccc(Cl)c1. The van der Waals surface area contributed by atoms with E-state index < -0.39 is 0 Å². The molecule has 1 unspecified atom stereocenters. The summed E-state index contributed by atoms with van der Waals surface area (Å²) in [4.78, 5) is 0. The first-order chi connectivity index (χ1) is 12.2. The molecule has 0 aromatic heterocycles. The Morgan fingerprint density at radius 2 is 1.64 bits per heavy atom. The zero-order chi connectivity index (χ0) is 17.2. The highest BCUT2D eigenvalue weighted by molar-refractivity contribution is 6.30. The first-order valence-corrected chi connectivity index (χ1v) is 8.43. The van der Waals surface area contributed by atoms with Crippen molar-refractivity contribution in [2.75, 3.05) is 5.01 Å². The molecule has 0 radical (unpaired) electrons. The van der Waals surface area contributed by atoms with Gasteiger partial charge < -0.3 is 5.43 Å². The van der Waals surface area contributed by atoms with Crippen molar-refractivity contribution in [3.8, 4) is 11.1 Å². The van der Waals surface area contributed by atoms with E-state index in [9.17, 15) is 4.39 Å². The van der Waals surface area contributed by atoms with Gasteiger partial charge in [0.1, 0.15) is 5.82 Å². The Labute approximate surface area is 151 Å². The fraction of sp³-hybridized carbons (Fsp3) is 0.0476. The van der Waals surface area contributed by atoms with E-state index in [4.69, 9.17) is 11.6 Å². The maximum Gasteiger partial charge on any atom is 0.131 e. The summed E-state index contributed by atoms with van der Waals surface area (Å²) in [6, 6.07) is 22.4. The summed E-state index contributed by atoms with van der Waals surface area (Å²) in [6.07, 6.45) is 3.95. The molecule has 1 heterocycles. The summed E-state index contributed by atoms with van der Waals surface area (Å²) >= 11 is 6.15. The van der Waals surface area contributed by atoms with Gasteiger partial charge in [-0.1, -0.05) is 60.1 Å². The van der Waals surface area contributed by atoms with E-state index in [1.165, 1.54) is 6.07 Å². The maximum absolute atomic E-state index is 14.3. The van der Waals surface area contributed by atoms with E-state index in [-0.39, 0.29) is 11.9 Å².